The van der Waals surface area contributed by atoms with Gasteiger partial charge in [-0.2, -0.15) is 0 Å². The monoisotopic (exact) mass is 290 g/mol. The van der Waals surface area contributed by atoms with Gasteiger partial charge in [0.1, 0.15) is 11.8 Å². The lowest BCUT2D eigenvalue weighted by atomic mass is 10.2. The Kier molecular flexibility index (Phi) is 4.17. The Morgan fingerprint density at radius 3 is 2.52 bits per heavy atom. The zero-order valence-electron chi connectivity index (χ0n) is 11.5. The number of nitrogens with one attached hydrogen (secondary N) is 1. The average molecular weight is 290 g/mol. The van der Waals surface area contributed by atoms with Gasteiger partial charge in [0.25, 0.3) is 0 Å². The molecule has 0 saturated heterocycles. The molecule has 2 aromatic rings. The lowest BCUT2D eigenvalue weighted by Crippen LogP contribution is -2.24. The standard InChI is InChI=1S/C13H14N4O4/c1-8(17-7-11(13(19)20)15-16-17)12(18)14-9-3-5-10(21-2)6-4-9/h3-8H,1-2H3,(H,14,18)(H,19,20). The van der Waals surface area contributed by atoms with Crippen molar-refractivity contribution in [3.05, 3.63) is 36.2 Å². The SMILES string of the molecule is COc1ccc(NC(=O)C(C)n2cc(C(=O)O)nn2)cc1. The number of nitrogens with zero attached hydrogens (tertiary/aromatic N) is 3. The van der Waals surface area contributed by atoms with Gasteiger partial charge in [0.15, 0.2) is 5.69 Å². The molecule has 0 fully saturated rings. The smallest absolute Gasteiger partial charge is 0.358 e. The van der Waals surface area contributed by atoms with Crippen LogP contribution in [0.4, 0.5) is 5.69 Å². The molecule has 0 spiro atoms. The second-order valence-electron chi connectivity index (χ2n) is 4.28. The average Bonchev–Trinajstić information content (AvgIpc) is 2.97. The van der Waals surface area contributed by atoms with Crippen LogP contribution in [0.1, 0.15) is 23.5 Å². The van der Waals surface area contributed by atoms with Crippen molar-refractivity contribution in [2.75, 3.05) is 12.4 Å². The largest absolute Gasteiger partial charge is 0.497 e. The maximum atomic E-state index is 12.1. The molecular formula is C13H14N4O4. The van der Waals surface area contributed by atoms with Gasteiger partial charge in [0.05, 0.1) is 13.3 Å². The number of methoxy groups -OCH3 is 1. The van der Waals surface area contributed by atoms with Crippen molar-refractivity contribution >= 4 is 17.6 Å². The highest BCUT2D eigenvalue weighted by atomic mass is 16.5. The van der Waals surface area contributed by atoms with Gasteiger partial charge < -0.3 is 15.2 Å². The van der Waals surface area contributed by atoms with Crippen LogP contribution in [0.15, 0.2) is 30.5 Å². The van der Waals surface area contributed by atoms with E-state index in [-0.39, 0.29) is 11.6 Å². The summed E-state index contributed by atoms with van der Waals surface area (Å²) < 4.78 is 6.22. The fraction of sp³-hybridized carbons (Fsp3) is 0.231. The lowest BCUT2D eigenvalue weighted by Gasteiger charge is -2.12. The number of carboxylic acid groups (broad SMARTS) is 1. The van der Waals surface area contributed by atoms with E-state index in [2.05, 4.69) is 15.6 Å². The number of amides is 1. The first kappa shape index (κ1) is 14.5. The number of hydrogen-bond donors (Lipinski definition) is 2. The quantitative estimate of drug-likeness (QED) is 0.856. The van der Waals surface area contributed by atoms with E-state index >= 15 is 0 Å². The van der Waals surface area contributed by atoms with Crippen LogP contribution in [0.3, 0.4) is 0 Å². The summed E-state index contributed by atoms with van der Waals surface area (Å²) in [7, 11) is 1.56. The van der Waals surface area contributed by atoms with Crippen molar-refractivity contribution < 1.29 is 19.4 Å². The number of aromatic nitrogens is 3. The molecule has 8 nitrogen and oxygen atoms in total. The number of anilines is 1. The number of benzene rings is 1. The zero-order chi connectivity index (χ0) is 15.4. The fourth-order valence-electron chi connectivity index (χ4n) is 1.61. The summed E-state index contributed by atoms with van der Waals surface area (Å²) in [5, 5.41) is 18.6. The van der Waals surface area contributed by atoms with E-state index in [1.54, 1.807) is 38.3 Å². The highest BCUT2D eigenvalue weighted by molar-refractivity contribution is 5.93. The molecule has 0 aliphatic carbocycles. The van der Waals surface area contributed by atoms with E-state index in [0.717, 1.165) is 0 Å². The highest BCUT2D eigenvalue weighted by Crippen LogP contribution is 2.16. The lowest BCUT2D eigenvalue weighted by molar-refractivity contribution is -0.119. The molecule has 2 N–H and O–H groups in total. The van der Waals surface area contributed by atoms with Crippen molar-refractivity contribution in [2.45, 2.75) is 13.0 Å². The summed E-state index contributed by atoms with van der Waals surface area (Å²) in [5.41, 5.74) is 0.394. The molecule has 1 amide bonds. The van der Waals surface area contributed by atoms with Crippen molar-refractivity contribution in [3.63, 3.8) is 0 Å². The summed E-state index contributed by atoms with van der Waals surface area (Å²) in [6.07, 6.45) is 1.21. The minimum atomic E-state index is -1.19. The van der Waals surface area contributed by atoms with Crippen LogP contribution in [-0.4, -0.2) is 39.1 Å². The Labute approximate surface area is 120 Å². The summed E-state index contributed by atoms with van der Waals surface area (Å²) in [6.45, 7) is 1.60. The minimum Gasteiger partial charge on any atom is -0.497 e. The maximum Gasteiger partial charge on any atom is 0.358 e. The molecule has 1 aromatic heterocycles. The van der Waals surface area contributed by atoms with Gasteiger partial charge >= 0.3 is 5.97 Å². The second-order valence-corrected chi connectivity index (χ2v) is 4.28. The Hall–Kier alpha value is -2.90. The summed E-state index contributed by atoms with van der Waals surface area (Å²) in [5.74, 6) is -0.838. The zero-order valence-corrected chi connectivity index (χ0v) is 11.5. The number of carbonyl (C=O) groups excluding carboxylic acids is 1. The van der Waals surface area contributed by atoms with E-state index in [1.807, 2.05) is 0 Å². The molecule has 0 radical (unpaired) electrons. The molecule has 1 heterocycles. The van der Waals surface area contributed by atoms with Gasteiger partial charge in [-0.15, -0.1) is 5.10 Å². The molecule has 0 bridgehead atoms. The Bertz CT molecular complexity index is 650. The van der Waals surface area contributed by atoms with E-state index in [4.69, 9.17) is 9.84 Å². The van der Waals surface area contributed by atoms with Crippen LogP contribution in [0.2, 0.25) is 0 Å². The number of hydrogen-bond acceptors (Lipinski definition) is 5. The van der Waals surface area contributed by atoms with Crippen molar-refractivity contribution in [1.29, 1.82) is 0 Å². The minimum absolute atomic E-state index is 0.209. The third-order valence-corrected chi connectivity index (χ3v) is 2.86. The van der Waals surface area contributed by atoms with E-state index in [9.17, 15) is 9.59 Å². The van der Waals surface area contributed by atoms with Gasteiger partial charge in [-0.1, -0.05) is 5.21 Å². The summed E-state index contributed by atoms with van der Waals surface area (Å²) in [6, 6.07) is 6.16. The molecule has 0 aliphatic rings. The third kappa shape index (κ3) is 3.35. The Balaban J connectivity index is 2.05. The molecule has 2 rings (SSSR count). The summed E-state index contributed by atoms with van der Waals surface area (Å²) in [4.78, 5) is 22.8. The molecule has 21 heavy (non-hydrogen) atoms. The van der Waals surface area contributed by atoms with Crippen LogP contribution in [-0.2, 0) is 4.79 Å². The summed E-state index contributed by atoms with van der Waals surface area (Å²) >= 11 is 0. The number of ether oxygens (including phenoxy) is 1. The van der Waals surface area contributed by atoms with Crippen LogP contribution >= 0.6 is 0 Å². The first-order chi connectivity index (χ1) is 10.0. The van der Waals surface area contributed by atoms with Crippen molar-refractivity contribution in [2.24, 2.45) is 0 Å². The fourth-order valence-corrected chi connectivity index (χ4v) is 1.61. The predicted molar refractivity (Wildman–Crippen MR) is 73.3 cm³/mol. The van der Waals surface area contributed by atoms with Crippen LogP contribution in [0.5, 0.6) is 5.75 Å². The van der Waals surface area contributed by atoms with Gasteiger partial charge in [-0.05, 0) is 31.2 Å². The third-order valence-electron chi connectivity index (χ3n) is 2.86. The van der Waals surface area contributed by atoms with Gasteiger partial charge in [-0.25, -0.2) is 9.48 Å². The van der Waals surface area contributed by atoms with E-state index < -0.39 is 12.0 Å². The first-order valence-electron chi connectivity index (χ1n) is 6.11. The number of aromatic carboxylic acids is 1. The van der Waals surface area contributed by atoms with Crippen LogP contribution in [0.25, 0.3) is 0 Å². The topological polar surface area (TPSA) is 106 Å². The molecule has 110 valence electrons. The molecule has 0 saturated carbocycles. The van der Waals surface area contributed by atoms with E-state index in [0.29, 0.717) is 11.4 Å². The second kappa shape index (κ2) is 6.04. The van der Waals surface area contributed by atoms with Gasteiger partial charge in [0, 0.05) is 5.69 Å². The molecule has 1 unspecified atom stereocenters. The molecule has 1 atom stereocenters. The van der Waals surface area contributed by atoms with Gasteiger partial charge in [-0.3, -0.25) is 4.79 Å². The van der Waals surface area contributed by atoms with Crippen molar-refractivity contribution in [1.82, 2.24) is 15.0 Å². The molecule has 0 aliphatic heterocycles. The normalized spacial score (nSPS) is 11.7. The Morgan fingerprint density at radius 2 is 2.00 bits per heavy atom. The highest BCUT2D eigenvalue weighted by Gasteiger charge is 2.18. The van der Waals surface area contributed by atoms with Crippen molar-refractivity contribution in [3.8, 4) is 5.75 Å². The number of rotatable bonds is 5. The molecular weight excluding hydrogens is 276 g/mol. The number of carboxylic acids is 1. The van der Waals surface area contributed by atoms with E-state index in [1.165, 1.54) is 10.9 Å². The van der Waals surface area contributed by atoms with Gasteiger partial charge in [0.2, 0.25) is 5.91 Å². The maximum absolute atomic E-state index is 12.1. The van der Waals surface area contributed by atoms with Crippen LogP contribution < -0.4 is 10.1 Å². The molecule has 8 heteroatoms. The predicted octanol–water partition coefficient (Wildman–Crippen LogP) is 1.18. The molecule has 1 aromatic carbocycles. The Morgan fingerprint density at radius 1 is 1.33 bits per heavy atom. The first-order valence-corrected chi connectivity index (χ1v) is 6.11. The van der Waals surface area contributed by atoms with Crippen LogP contribution in [0, 0.1) is 0 Å². The number of carbonyl (C=O) groups is 2.